The molecule has 1 aromatic heterocycles. The van der Waals surface area contributed by atoms with E-state index in [4.69, 9.17) is 5.11 Å². The van der Waals surface area contributed by atoms with Crippen molar-refractivity contribution in [3.8, 4) is 0 Å². The number of hydrogen-bond acceptors (Lipinski definition) is 3. The summed E-state index contributed by atoms with van der Waals surface area (Å²) in [4.78, 5) is 13.4. The highest BCUT2D eigenvalue weighted by atomic mass is 79.9. The largest absolute Gasteiger partial charge is 0.478 e. The van der Waals surface area contributed by atoms with Gasteiger partial charge >= 0.3 is 5.97 Å². The predicted octanol–water partition coefficient (Wildman–Crippen LogP) is 4.16. The molecule has 3 rings (SSSR count). The average Bonchev–Trinajstić information content (AvgIpc) is 2.84. The van der Waals surface area contributed by atoms with E-state index < -0.39 is 5.97 Å². The number of thiophene rings is 1. The van der Waals surface area contributed by atoms with Crippen molar-refractivity contribution in [2.45, 2.75) is 19.4 Å². The molecule has 0 aliphatic carbocycles. The first kappa shape index (κ1) is 13.6. The third-order valence-electron chi connectivity index (χ3n) is 3.54. The SMILES string of the molecule is O=C(O)c1ccc2c(c1)CCCN2Cc1csc(Br)c1. The van der Waals surface area contributed by atoms with Gasteiger partial charge in [-0.25, -0.2) is 4.79 Å². The van der Waals surface area contributed by atoms with Crippen LogP contribution in [0.2, 0.25) is 0 Å². The number of carboxylic acid groups (broad SMARTS) is 1. The third-order valence-corrected chi connectivity index (χ3v) is 5.09. The van der Waals surface area contributed by atoms with Gasteiger partial charge in [0.15, 0.2) is 0 Å². The highest BCUT2D eigenvalue weighted by Crippen LogP contribution is 2.30. The summed E-state index contributed by atoms with van der Waals surface area (Å²) < 4.78 is 1.14. The van der Waals surface area contributed by atoms with Crippen LogP contribution in [0.25, 0.3) is 0 Å². The third kappa shape index (κ3) is 2.74. The van der Waals surface area contributed by atoms with Crippen molar-refractivity contribution in [1.82, 2.24) is 0 Å². The molecular weight excluding hydrogens is 338 g/mol. The second-order valence-electron chi connectivity index (χ2n) is 4.93. The molecule has 1 aliphatic heterocycles. The number of anilines is 1. The summed E-state index contributed by atoms with van der Waals surface area (Å²) in [5, 5.41) is 11.2. The lowest BCUT2D eigenvalue weighted by molar-refractivity contribution is 0.0697. The summed E-state index contributed by atoms with van der Waals surface area (Å²) in [6.07, 6.45) is 2.03. The van der Waals surface area contributed by atoms with Gasteiger partial charge < -0.3 is 10.0 Å². The molecule has 0 spiro atoms. The molecule has 1 N–H and O–H groups in total. The molecule has 0 atom stereocenters. The fourth-order valence-electron chi connectivity index (χ4n) is 2.62. The predicted molar refractivity (Wildman–Crippen MR) is 84.8 cm³/mol. The zero-order chi connectivity index (χ0) is 14.1. The Morgan fingerprint density at radius 2 is 2.25 bits per heavy atom. The van der Waals surface area contributed by atoms with E-state index in [1.165, 1.54) is 11.3 Å². The van der Waals surface area contributed by atoms with Crippen molar-refractivity contribution < 1.29 is 9.90 Å². The number of aryl methyl sites for hydroxylation is 1. The number of rotatable bonds is 3. The molecule has 3 nitrogen and oxygen atoms in total. The average molecular weight is 352 g/mol. The Kier molecular flexibility index (Phi) is 3.81. The molecule has 0 saturated carbocycles. The number of carbonyl (C=O) groups is 1. The van der Waals surface area contributed by atoms with Crippen molar-refractivity contribution in [2.75, 3.05) is 11.4 Å². The quantitative estimate of drug-likeness (QED) is 0.902. The second-order valence-corrected chi connectivity index (χ2v) is 7.22. The molecule has 0 bridgehead atoms. The smallest absolute Gasteiger partial charge is 0.335 e. The maximum atomic E-state index is 11.0. The van der Waals surface area contributed by atoms with Crippen molar-refractivity contribution in [3.05, 3.63) is 50.1 Å². The first-order valence-corrected chi connectivity index (χ1v) is 8.15. The fraction of sp³-hybridized carbons (Fsp3) is 0.267. The maximum absolute atomic E-state index is 11.0. The monoisotopic (exact) mass is 351 g/mol. The summed E-state index contributed by atoms with van der Waals surface area (Å²) in [6, 6.07) is 7.60. The molecule has 2 aromatic rings. The van der Waals surface area contributed by atoms with E-state index in [0.29, 0.717) is 5.56 Å². The number of carboxylic acids is 1. The number of benzene rings is 1. The van der Waals surface area contributed by atoms with Crippen LogP contribution in [0.1, 0.15) is 27.9 Å². The van der Waals surface area contributed by atoms with Gasteiger partial charge in [-0.05, 0) is 69.5 Å². The van der Waals surface area contributed by atoms with Gasteiger partial charge in [-0.15, -0.1) is 11.3 Å². The summed E-state index contributed by atoms with van der Waals surface area (Å²) in [5.74, 6) is -0.855. The Morgan fingerprint density at radius 3 is 2.95 bits per heavy atom. The van der Waals surface area contributed by atoms with Crippen LogP contribution in [0.5, 0.6) is 0 Å². The van der Waals surface area contributed by atoms with Crippen LogP contribution in [-0.4, -0.2) is 17.6 Å². The van der Waals surface area contributed by atoms with Crippen molar-refractivity contribution in [3.63, 3.8) is 0 Å². The summed E-state index contributed by atoms with van der Waals surface area (Å²) in [7, 11) is 0. The standard InChI is InChI=1S/C15H14BrNO2S/c16-14-6-10(9-20-14)8-17-5-1-2-11-7-12(15(18)19)3-4-13(11)17/h3-4,6-7,9H,1-2,5,8H2,(H,18,19). The second kappa shape index (κ2) is 5.58. The summed E-state index contributed by atoms with van der Waals surface area (Å²) in [5.41, 5.74) is 3.98. The number of aromatic carboxylic acids is 1. The first-order valence-electron chi connectivity index (χ1n) is 6.47. The topological polar surface area (TPSA) is 40.5 Å². The molecule has 20 heavy (non-hydrogen) atoms. The Bertz CT molecular complexity index is 653. The molecule has 104 valence electrons. The first-order chi connectivity index (χ1) is 9.63. The van der Waals surface area contributed by atoms with Gasteiger partial charge in [0.2, 0.25) is 0 Å². The zero-order valence-corrected chi connectivity index (χ0v) is 13.2. The lowest BCUT2D eigenvalue weighted by atomic mass is 9.99. The molecule has 2 heterocycles. The molecule has 0 fully saturated rings. The Labute approximate surface area is 130 Å². The van der Waals surface area contributed by atoms with E-state index in [-0.39, 0.29) is 0 Å². The normalized spacial score (nSPS) is 14.2. The van der Waals surface area contributed by atoms with Crippen LogP contribution in [0, 0.1) is 0 Å². The van der Waals surface area contributed by atoms with E-state index >= 15 is 0 Å². The van der Waals surface area contributed by atoms with Crippen LogP contribution in [0.4, 0.5) is 5.69 Å². The van der Waals surface area contributed by atoms with Gasteiger partial charge in [0, 0.05) is 18.8 Å². The van der Waals surface area contributed by atoms with Crippen molar-refractivity contribution in [2.24, 2.45) is 0 Å². The van der Waals surface area contributed by atoms with Gasteiger partial charge in [0.05, 0.1) is 9.35 Å². The minimum Gasteiger partial charge on any atom is -0.478 e. The number of nitrogens with zero attached hydrogens (tertiary/aromatic N) is 1. The fourth-order valence-corrected chi connectivity index (χ4v) is 3.82. The summed E-state index contributed by atoms with van der Waals surface area (Å²) in [6.45, 7) is 1.90. The van der Waals surface area contributed by atoms with Gasteiger partial charge in [-0.1, -0.05) is 0 Å². The van der Waals surface area contributed by atoms with E-state index in [9.17, 15) is 4.79 Å². The molecule has 5 heteroatoms. The van der Waals surface area contributed by atoms with Crippen LogP contribution in [0.15, 0.2) is 33.4 Å². The van der Waals surface area contributed by atoms with Crippen molar-refractivity contribution in [1.29, 1.82) is 0 Å². The molecule has 0 unspecified atom stereocenters. The number of halogens is 1. The van der Waals surface area contributed by atoms with E-state index in [0.717, 1.165) is 35.3 Å². The maximum Gasteiger partial charge on any atom is 0.335 e. The van der Waals surface area contributed by atoms with Gasteiger partial charge in [-0.3, -0.25) is 0 Å². The number of fused-ring (bicyclic) bond motifs is 1. The lowest BCUT2D eigenvalue weighted by Gasteiger charge is -2.31. The zero-order valence-electron chi connectivity index (χ0n) is 10.8. The molecule has 1 aliphatic rings. The highest BCUT2D eigenvalue weighted by Gasteiger charge is 2.18. The van der Waals surface area contributed by atoms with Crippen molar-refractivity contribution >= 4 is 38.9 Å². The Morgan fingerprint density at radius 1 is 1.40 bits per heavy atom. The van der Waals surface area contributed by atoms with E-state index in [1.54, 1.807) is 17.4 Å². The van der Waals surface area contributed by atoms with E-state index in [1.807, 2.05) is 12.1 Å². The Hall–Kier alpha value is -1.33. The molecular formula is C15H14BrNO2S. The molecule has 0 amide bonds. The minimum atomic E-state index is -0.855. The van der Waals surface area contributed by atoms with Crippen LogP contribution < -0.4 is 4.90 Å². The van der Waals surface area contributed by atoms with Crippen LogP contribution >= 0.6 is 27.3 Å². The van der Waals surface area contributed by atoms with Gasteiger partial charge in [-0.2, -0.15) is 0 Å². The molecule has 0 radical (unpaired) electrons. The Balaban J connectivity index is 1.88. The summed E-state index contributed by atoms with van der Waals surface area (Å²) >= 11 is 5.18. The van der Waals surface area contributed by atoms with Gasteiger partial charge in [0.1, 0.15) is 0 Å². The van der Waals surface area contributed by atoms with E-state index in [2.05, 4.69) is 32.3 Å². The lowest BCUT2D eigenvalue weighted by Crippen LogP contribution is -2.28. The van der Waals surface area contributed by atoms with Crippen LogP contribution in [0.3, 0.4) is 0 Å². The minimum absolute atomic E-state index is 0.379. The number of hydrogen-bond donors (Lipinski definition) is 1. The van der Waals surface area contributed by atoms with Crippen LogP contribution in [-0.2, 0) is 13.0 Å². The highest BCUT2D eigenvalue weighted by molar-refractivity contribution is 9.11. The molecule has 1 aromatic carbocycles. The van der Waals surface area contributed by atoms with Gasteiger partial charge in [0.25, 0.3) is 0 Å². The molecule has 0 saturated heterocycles.